The predicted octanol–water partition coefficient (Wildman–Crippen LogP) is 1.54. The molecule has 36 heavy (non-hydrogen) atoms. The number of amides is 3. The van der Waals surface area contributed by atoms with Crippen LogP contribution in [-0.4, -0.2) is 124 Å². The van der Waals surface area contributed by atoms with Crippen molar-refractivity contribution in [3.63, 3.8) is 0 Å². The van der Waals surface area contributed by atoms with Crippen LogP contribution in [0.2, 0.25) is 0 Å². The molecule has 0 aromatic carbocycles. The molecule has 1 atom stereocenters. The van der Waals surface area contributed by atoms with Crippen LogP contribution in [0.1, 0.15) is 53.9 Å². The lowest BCUT2D eigenvalue weighted by molar-refractivity contribution is -0.146. The Labute approximate surface area is 219 Å². The first-order chi connectivity index (χ1) is 16.8. The van der Waals surface area contributed by atoms with Crippen molar-refractivity contribution in [2.24, 2.45) is 11.8 Å². The van der Waals surface area contributed by atoms with Gasteiger partial charge in [-0.15, -0.1) is 0 Å². The molecule has 212 valence electrons. The molecule has 0 aromatic rings. The molecule has 0 unspecified atom stereocenters. The van der Waals surface area contributed by atoms with E-state index in [9.17, 15) is 19.2 Å². The zero-order valence-corrected chi connectivity index (χ0v) is 24.5. The van der Waals surface area contributed by atoms with Crippen molar-refractivity contribution in [3.05, 3.63) is 0 Å². The average molecular weight is 516 g/mol. The van der Waals surface area contributed by atoms with Gasteiger partial charge in [0.1, 0.15) is 6.54 Å². The van der Waals surface area contributed by atoms with Gasteiger partial charge in [0, 0.05) is 26.7 Å². The van der Waals surface area contributed by atoms with E-state index in [1.54, 1.807) is 23.9 Å². The Morgan fingerprint density at radius 2 is 1.47 bits per heavy atom. The molecule has 1 aliphatic heterocycles. The third-order valence-electron chi connectivity index (χ3n) is 5.50. The van der Waals surface area contributed by atoms with Gasteiger partial charge in [-0.1, -0.05) is 41.0 Å². The fraction of sp³-hybridized carbons (Fsp3) is 0.846. The van der Waals surface area contributed by atoms with E-state index >= 15 is 0 Å². The summed E-state index contributed by atoms with van der Waals surface area (Å²) < 4.78 is 4.54. The smallest absolute Gasteiger partial charge is 0.325 e. The molecule has 10 heteroatoms. The van der Waals surface area contributed by atoms with Crippen molar-refractivity contribution in [3.8, 4) is 0 Å². The molecule has 0 saturated carbocycles. The molecule has 1 fully saturated rings. The van der Waals surface area contributed by atoms with Crippen LogP contribution in [0.5, 0.6) is 0 Å². The average Bonchev–Trinajstić information content (AvgIpc) is 2.80. The number of nitrogens with zero attached hydrogens (tertiary/aromatic N) is 4. The summed E-state index contributed by atoms with van der Waals surface area (Å²) in [5.74, 6) is 0.0995. The second kappa shape index (κ2) is 20.9. The number of likely N-dealkylation sites (N-methyl/N-ethyl adjacent to an activating group) is 3. The van der Waals surface area contributed by atoms with Gasteiger partial charge in [-0.25, -0.2) is 0 Å². The van der Waals surface area contributed by atoms with Crippen molar-refractivity contribution >= 4 is 24.2 Å². The minimum atomic E-state index is -0.480. The summed E-state index contributed by atoms with van der Waals surface area (Å²) in [5, 5.41) is 2.36. The number of methoxy groups -OCH3 is 1. The quantitative estimate of drug-likeness (QED) is 0.329. The lowest BCUT2D eigenvalue weighted by atomic mass is 10.0. The van der Waals surface area contributed by atoms with Crippen molar-refractivity contribution in [1.29, 1.82) is 0 Å². The van der Waals surface area contributed by atoms with Crippen molar-refractivity contribution < 1.29 is 23.9 Å². The lowest BCUT2D eigenvalue weighted by Crippen LogP contribution is -2.50. The highest BCUT2D eigenvalue weighted by molar-refractivity contribution is 5.83. The van der Waals surface area contributed by atoms with E-state index in [-0.39, 0.29) is 43.4 Å². The third-order valence-corrected chi connectivity index (χ3v) is 5.50. The summed E-state index contributed by atoms with van der Waals surface area (Å²) in [5.41, 5.74) is 0. The Morgan fingerprint density at radius 1 is 0.944 bits per heavy atom. The van der Waals surface area contributed by atoms with Crippen molar-refractivity contribution in [2.45, 2.75) is 59.9 Å². The minimum absolute atomic E-state index is 0.0618. The van der Waals surface area contributed by atoms with Gasteiger partial charge in [0.25, 0.3) is 0 Å². The van der Waals surface area contributed by atoms with Crippen LogP contribution in [0.25, 0.3) is 0 Å². The van der Waals surface area contributed by atoms with E-state index in [1.807, 2.05) is 13.8 Å². The van der Waals surface area contributed by atoms with Gasteiger partial charge >= 0.3 is 5.97 Å². The van der Waals surface area contributed by atoms with E-state index in [0.29, 0.717) is 13.0 Å². The SMILES string of the molecule is CC(C)C.CN1CCCCC1.COC(=O)CN(C)C(=O)CN(C)C[C@H](C(C)C)N(C)C(=O)CNC=O. The van der Waals surface area contributed by atoms with Gasteiger partial charge in [0.05, 0.1) is 20.2 Å². The summed E-state index contributed by atoms with van der Waals surface area (Å²) in [6.07, 6.45) is 4.76. The number of carbonyl (C=O) groups excluding carboxylic acids is 4. The number of carbonyl (C=O) groups is 4. The number of piperidine rings is 1. The van der Waals surface area contributed by atoms with Crippen LogP contribution in [0.4, 0.5) is 0 Å². The summed E-state index contributed by atoms with van der Waals surface area (Å²) in [6, 6.07) is -0.121. The molecule has 1 N–H and O–H groups in total. The standard InChI is InChI=1S/C16H30N4O5.C6H13N.C4H10/c1-12(2)13(20(5)14(22)7-17-11-21)8-18(3)9-15(23)19(4)10-16(24)25-6;1-7-5-3-2-4-6-7;1-4(2)3/h11-13H,7-10H2,1-6H3,(H,17,21);2-6H2,1H3;4H,1-3H3/t13-;;/m1../s1. The Morgan fingerprint density at radius 3 is 1.86 bits per heavy atom. The van der Waals surface area contributed by atoms with Crippen LogP contribution in [0.15, 0.2) is 0 Å². The third kappa shape index (κ3) is 19.0. The highest BCUT2D eigenvalue weighted by Gasteiger charge is 2.25. The molecule has 0 bridgehead atoms. The monoisotopic (exact) mass is 515 g/mol. The van der Waals surface area contributed by atoms with Gasteiger partial charge in [-0.05, 0) is 51.9 Å². The largest absolute Gasteiger partial charge is 0.468 e. The Kier molecular flexibility index (Phi) is 20.9. The molecular weight excluding hydrogens is 462 g/mol. The summed E-state index contributed by atoms with van der Waals surface area (Å²) in [7, 11) is 8.46. The molecule has 1 heterocycles. The molecule has 10 nitrogen and oxygen atoms in total. The van der Waals surface area contributed by atoms with E-state index in [1.165, 1.54) is 51.4 Å². The van der Waals surface area contributed by atoms with Crippen LogP contribution < -0.4 is 5.32 Å². The molecule has 0 aliphatic carbocycles. The zero-order chi connectivity index (χ0) is 28.3. The van der Waals surface area contributed by atoms with Crippen LogP contribution in [-0.2, 0) is 23.9 Å². The molecule has 1 saturated heterocycles. The zero-order valence-electron chi connectivity index (χ0n) is 24.5. The number of ether oxygens (including phenoxy) is 1. The highest BCUT2D eigenvalue weighted by Crippen LogP contribution is 2.11. The van der Waals surface area contributed by atoms with Crippen LogP contribution in [0, 0.1) is 11.8 Å². The first-order valence-electron chi connectivity index (χ1n) is 12.9. The van der Waals surface area contributed by atoms with Gasteiger partial charge in [0.15, 0.2) is 0 Å². The molecule has 0 radical (unpaired) electrons. The lowest BCUT2D eigenvalue weighted by Gasteiger charge is -2.34. The predicted molar refractivity (Wildman–Crippen MR) is 144 cm³/mol. The Bertz CT molecular complexity index is 621. The molecule has 1 aliphatic rings. The maximum Gasteiger partial charge on any atom is 0.325 e. The number of rotatable bonds is 11. The van der Waals surface area contributed by atoms with Gasteiger partial charge in [0.2, 0.25) is 18.2 Å². The van der Waals surface area contributed by atoms with Gasteiger partial charge in [-0.2, -0.15) is 0 Å². The molecule has 0 spiro atoms. The van der Waals surface area contributed by atoms with Crippen molar-refractivity contribution in [2.75, 3.05) is 74.6 Å². The first-order valence-corrected chi connectivity index (χ1v) is 12.9. The maximum atomic E-state index is 12.1. The number of esters is 1. The van der Waals surface area contributed by atoms with E-state index < -0.39 is 5.97 Å². The van der Waals surface area contributed by atoms with E-state index in [4.69, 9.17) is 0 Å². The number of nitrogens with one attached hydrogen (secondary N) is 1. The van der Waals surface area contributed by atoms with E-state index in [2.05, 4.69) is 42.8 Å². The summed E-state index contributed by atoms with van der Waals surface area (Å²) >= 11 is 0. The molecule has 1 rings (SSSR count). The van der Waals surface area contributed by atoms with Gasteiger partial charge in [-0.3, -0.25) is 24.1 Å². The fourth-order valence-corrected chi connectivity index (χ4v) is 3.35. The van der Waals surface area contributed by atoms with Crippen LogP contribution >= 0.6 is 0 Å². The van der Waals surface area contributed by atoms with Gasteiger partial charge < -0.3 is 24.8 Å². The number of hydrogen-bond donors (Lipinski definition) is 1. The Balaban J connectivity index is 0. The Hall–Kier alpha value is -2.20. The van der Waals surface area contributed by atoms with Crippen LogP contribution in [0.3, 0.4) is 0 Å². The number of hydrogen-bond acceptors (Lipinski definition) is 7. The topological polar surface area (TPSA) is 102 Å². The highest BCUT2D eigenvalue weighted by atomic mass is 16.5. The van der Waals surface area contributed by atoms with E-state index in [0.717, 1.165) is 5.92 Å². The molecule has 3 amide bonds. The summed E-state index contributed by atoms with van der Waals surface area (Å²) in [6.45, 7) is 13.5. The molecule has 0 aromatic heterocycles. The minimum Gasteiger partial charge on any atom is -0.468 e. The maximum absolute atomic E-state index is 12.1. The number of likely N-dealkylation sites (tertiary alicyclic amines) is 1. The second-order valence-corrected chi connectivity index (χ2v) is 10.4. The normalized spacial score (nSPS) is 14.1. The second-order valence-electron chi connectivity index (χ2n) is 10.4. The van der Waals surface area contributed by atoms with Crippen molar-refractivity contribution in [1.82, 2.24) is 24.9 Å². The summed E-state index contributed by atoms with van der Waals surface area (Å²) in [4.78, 5) is 52.9. The fourth-order valence-electron chi connectivity index (χ4n) is 3.35. The first kappa shape index (κ1) is 36.0. The molecular formula is C26H53N5O5.